The molecular formula is C15H22N2O3. The van der Waals surface area contributed by atoms with Crippen LogP contribution in [0.25, 0.3) is 0 Å². The normalized spacial score (nSPS) is 22.8. The van der Waals surface area contributed by atoms with Crippen LogP contribution in [0.4, 0.5) is 0 Å². The van der Waals surface area contributed by atoms with Crippen molar-refractivity contribution in [2.75, 3.05) is 20.8 Å². The Morgan fingerprint density at radius 2 is 2.10 bits per heavy atom. The molecule has 5 heteroatoms. The highest BCUT2D eigenvalue weighted by Gasteiger charge is 2.35. The van der Waals surface area contributed by atoms with Crippen LogP contribution >= 0.6 is 0 Å². The van der Waals surface area contributed by atoms with Crippen LogP contribution in [0.1, 0.15) is 31.4 Å². The molecule has 20 heavy (non-hydrogen) atoms. The molecule has 2 N–H and O–H groups in total. The highest BCUT2D eigenvalue weighted by atomic mass is 16.5. The minimum absolute atomic E-state index is 0.0892. The van der Waals surface area contributed by atoms with Crippen LogP contribution in [0.3, 0.4) is 0 Å². The van der Waals surface area contributed by atoms with E-state index in [0.29, 0.717) is 19.4 Å². The highest BCUT2D eigenvalue weighted by molar-refractivity contribution is 5.78. The van der Waals surface area contributed by atoms with Gasteiger partial charge in [0.1, 0.15) is 11.5 Å². The largest absolute Gasteiger partial charge is 0.497 e. The van der Waals surface area contributed by atoms with Crippen molar-refractivity contribution in [1.82, 2.24) is 4.90 Å². The standard InChI is InChI=1S/C15H22N2O3/c1-4-17-14(18)8-6-12(16)15(17)11-9-10(19-2)5-7-13(11)20-3/h5,7,9,12,15H,4,6,8,16H2,1-3H3. The van der Waals surface area contributed by atoms with E-state index >= 15 is 0 Å². The Labute approximate surface area is 119 Å². The van der Waals surface area contributed by atoms with Gasteiger partial charge in [-0.3, -0.25) is 4.79 Å². The third-order valence-corrected chi connectivity index (χ3v) is 3.85. The first-order chi connectivity index (χ1) is 9.62. The van der Waals surface area contributed by atoms with Crippen LogP contribution in [0.15, 0.2) is 18.2 Å². The Morgan fingerprint density at radius 1 is 1.35 bits per heavy atom. The Balaban J connectivity index is 2.47. The molecule has 2 unspecified atom stereocenters. The van der Waals surface area contributed by atoms with Crippen molar-refractivity contribution in [3.63, 3.8) is 0 Å². The maximum Gasteiger partial charge on any atom is 0.223 e. The SMILES string of the molecule is CCN1C(=O)CCC(N)C1c1cc(OC)ccc1OC. The molecule has 1 fully saturated rings. The molecule has 2 atom stereocenters. The summed E-state index contributed by atoms with van der Waals surface area (Å²) in [4.78, 5) is 13.9. The van der Waals surface area contributed by atoms with Crippen molar-refractivity contribution >= 4 is 5.91 Å². The smallest absolute Gasteiger partial charge is 0.223 e. The third kappa shape index (κ3) is 2.58. The van der Waals surface area contributed by atoms with Gasteiger partial charge >= 0.3 is 0 Å². The average molecular weight is 278 g/mol. The first kappa shape index (κ1) is 14.7. The van der Waals surface area contributed by atoms with Gasteiger partial charge in [-0.25, -0.2) is 0 Å². The summed E-state index contributed by atoms with van der Waals surface area (Å²) in [7, 11) is 3.24. The van der Waals surface area contributed by atoms with Crippen molar-refractivity contribution in [3.8, 4) is 11.5 Å². The maximum atomic E-state index is 12.1. The second kappa shape index (κ2) is 6.13. The molecule has 0 bridgehead atoms. The van der Waals surface area contributed by atoms with Gasteiger partial charge in [-0.15, -0.1) is 0 Å². The lowest BCUT2D eigenvalue weighted by Gasteiger charge is -2.40. The van der Waals surface area contributed by atoms with E-state index in [0.717, 1.165) is 17.1 Å². The zero-order chi connectivity index (χ0) is 14.7. The summed E-state index contributed by atoms with van der Waals surface area (Å²) in [5.74, 6) is 1.62. The molecule has 110 valence electrons. The van der Waals surface area contributed by atoms with Gasteiger partial charge in [-0.1, -0.05) is 0 Å². The van der Waals surface area contributed by atoms with E-state index in [1.54, 1.807) is 14.2 Å². The first-order valence-corrected chi connectivity index (χ1v) is 6.89. The molecule has 1 aliphatic rings. The van der Waals surface area contributed by atoms with Gasteiger partial charge in [-0.2, -0.15) is 0 Å². The van der Waals surface area contributed by atoms with Crippen molar-refractivity contribution in [3.05, 3.63) is 23.8 Å². The molecule has 0 aliphatic carbocycles. The number of likely N-dealkylation sites (N-methyl/N-ethyl adjacent to an activating group) is 1. The number of amides is 1. The molecule has 1 aliphatic heterocycles. The fourth-order valence-electron chi connectivity index (χ4n) is 2.82. The number of likely N-dealkylation sites (tertiary alicyclic amines) is 1. The molecule has 2 rings (SSSR count). The van der Waals surface area contributed by atoms with Crippen LogP contribution in [0, 0.1) is 0 Å². The van der Waals surface area contributed by atoms with Gasteiger partial charge in [-0.05, 0) is 31.5 Å². The number of rotatable bonds is 4. The second-order valence-corrected chi connectivity index (χ2v) is 4.94. The number of hydrogen-bond acceptors (Lipinski definition) is 4. The van der Waals surface area contributed by atoms with E-state index in [4.69, 9.17) is 15.2 Å². The van der Waals surface area contributed by atoms with Crippen LogP contribution in [0.2, 0.25) is 0 Å². The summed E-state index contributed by atoms with van der Waals surface area (Å²) >= 11 is 0. The number of methoxy groups -OCH3 is 2. The fraction of sp³-hybridized carbons (Fsp3) is 0.533. The Kier molecular flexibility index (Phi) is 4.49. The average Bonchev–Trinajstić information content (AvgIpc) is 2.48. The zero-order valence-electron chi connectivity index (χ0n) is 12.3. The van der Waals surface area contributed by atoms with Gasteiger partial charge in [0.05, 0.1) is 20.3 Å². The molecule has 1 aromatic rings. The van der Waals surface area contributed by atoms with Crippen molar-refractivity contribution < 1.29 is 14.3 Å². The molecule has 1 saturated heterocycles. The second-order valence-electron chi connectivity index (χ2n) is 4.94. The lowest BCUT2D eigenvalue weighted by molar-refractivity contribution is -0.137. The quantitative estimate of drug-likeness (QED) is 0.910. The maximum absolute atomic E-state index is 12.1. The molecule has 0 aromatic heterocycles. The van der Waals surface area contributed by atoms with E-state index in [9.17, 15) is 4.79 Å². The van der Waals surface area contributed by atoms with E-state index in [1.807, 2.05) is 30.0 Å². The molecule has 1 heterocycles. The van der Waals surface area contributed by atoms with Crippen LogP contribution < -0.4 is 15.2 Å². The summed E-state index contributed by atoms with van der Waals surface area (Å²) in [6.45, 7) is 2.60. The zero-order valence-corrected chi connectivity index (χ0v) is 12.3. The summed E-state index contributed by atoms with van der Waals surface area (Å²) in [5.41, 5.74) is 7.18. The predicted octanol–water partition coefficient (Wildman–Crippen LogP) is 1.71. The number of benzene rings is 1. The highest BCUT2D eigenvalue weighted by Crippen LogP contribution is 2.37. The molecular weight excluding hydrogens is 256 g/mol. The van der Waals surface area contributed by atoms with Gasteiger partial charge in [0.2, 0.25) is 5.91 Å². The van der Waals surface area contributed by atoms with Crippen molar-refractivity contribution in [2.24, 2.45) is 5.73 Å². The summed E-state index contributed by atoms with van der Waals surface area (Å²) in [6, 6.07) is 5.35. The summed E-state index contributed by atoms with van der Waals surface area (Å²) in [6.07, 6.45) is 1.21. The summed E-state index contributed by atoms with van der Waals surface area (Å²) < 4.78 is 10.7. The number of carbonyl (C=O) groups is 1. The minimum atomic E-state index is -0.161. The van der Waals surface area contributed by atoms with Gasteiger partial charge < -0.3 is 20.1 Å². The predicted molar refractivity (Wildman–Crippen MR) is 76.9 cm³/mol. The topological polar surface area (TPSA) is 64.8 Å². The molecule has 1 aromatic carbocycles. The van der Waals surface area contributed by atoms with Crippen LogP contribution in [0.5, 0.6) is 11.5 Å². The van der Waals surface area contributed by atoms with E-state index in [-0.39, 0.29) is 18.0 Å². The monoisotopic (exact) mass is 278 g/mol. The molecule has 5 nitrogen and oxygen atoms in total. The number of nitrogens with two attached hydrogens (primary N) is 1. The number of nitrogens with zero attached hydrogens (tertiary/aromatic N) is 1. The Morgan fingerprint density at radius 3 is 2.70 bits per heavy atom. The fourth-order valence-corrected chi connectivity index (χ4v) is 2.82. The molecule has 0 saturated carbocycles. The van der Waals surface area contributed by atoms with Crippen LogP contribution in [-0.2, 0) is 4.79 Å². The number of carbonyl (C=O) groups excluding carboxylic acids is 1. The lowest BCUT2D eigenvalue weighted by Crippen LogP contribution is -2.48. The molecule has 0 radical (unpaired) electrons. The number of piperidine rings is 1. The lowest BCUT2D eigenvalue weighted by atomic mass is 9.90. The first-order valence-electron chi connectivity index (χ1n) is 6.89. The number of hydrogen-bond donors (Lipinski definition) is 1. The molecule has 0 spiro atoms. The van der Waals surface area contributed by atoms with Gasteiger partial charge in [0.15, 0.2) is 0 Å². The summed E-state index contributed by atoms with van der Waals surface area (Å²) in [5, 5.41) is 0. The molecule has 1 amide bonds. The van der Waals surface area contributed by atoms with E-state index < -0.39 is 0 Å². The third-order valence-electron chi connectivity index (χ3n) is 3.85. The Hall–Kier alpha value is -1.75. The number of ether oxygens (including phenoxy) is 2. The van der Waals surface area contributed by atoms with E-state index in [1.165, 1.54) is 0 Å². The Bertz CT molecular complexity index is 490. The van der Waals surface area contributed by atoms with E-state index in [2.05, 4.69) is 0 Å². The van der Waals surface area contributed by atoms with Gasteiger partial charge in [0, 0.05) is 24.6 Å². The minimum Gasteiger partial charge on any atom is -0.497 e. The van der Waals surface area contributed by atoms with Crippen molar-refractivity contribution in [1.29, 1.82) is 0 Å². The van der Waals surface area contributed by atoms with Crippen LogP contribution in [-0.4, -0.2) is 37.6 Å². The van der Waals surface area contributed by atoms with Crippen molar-refractivity contribution in [2.45, 2.75) is 31.8 Å². The van der Waals surface area contributed by atoms with Gasteiger partial charge in [0.25, 0.3) is 0 Å².